The summed E-state index contributed by atoms with van der Waals surface area (Å²) < 4.78 is 0. The van der Waals surface area contributed by atoms with Gasteiger partial charge >= 0.3 is 0 Å². The van der Waals surface area contributed by atoms with Crippen LogP contribution in [0, 0.1) is 66.1 Å². The molecule has 2 aromatic rings. The normalized spacial score (nSPS) is 34.6. The fourth-order valence-corrected chi connectivity index (χ4v) is 14.5. The maximum Gasteiger partial charge on any atom is 0 e. The third-order valence-electron chi connectivity index (χ3n) is 18.8. The van der Waals surface area contributed by atoms with Crippen LogP contribution in [-0.2, 0) is 6.42 Å². The minimum atomic E-state index is 0. The Balaban J connectivity index is 0.000000954. The molecule has 0 radical (unpaired) electrons. The smallest absolute Gasteiger partial charge is 0 e. The molecule has 0 N–H and O–H groups in total. The SMILES string of the molecule is CCC1CCC(C2CCC(C)CC2)CC1.CCCC1CCC(C2CCC(c3ccc(C)cc3)CC2)CC1.CCCc1ccc(C2CCC(C3CCC(CCC)CC3)CC2)cc1.[HH].[HH].[HH].[HH].[HH].[HH]. The van der Waals surface area contributed by atoms with Gasteiger partial charge in [0.2, 0.25) is 0 Å². The number of hydrogen-bond acceptors (Lipinski definition) is 0. The van der Waals surface area contributed by atoms with Crippen molar-refractivity contribution in [1.82, 2.24) is 0 Å². The second-order valence-electron chi connectivity index (χ2n) is 23.0. The zero-order valence-corrected chi connectivity index (χ0v) is 41.5. The molecular weight excluding hydrogens is 733 g/mol. The van der Waals surface area contributed by atoms with Crippen molar-refractivity contribution in [3.05, 3.63) is 70.8 Å². The minimum absolute atomic E-state index is 0. The summed E-state index contributed by atoms with van der Waals surface area (Å²) in [6, 6.07) is 18.9. The maximum absolute atomic E-state index is 2.43. The summed E-state index contributed by atoms with van der Waals surface area (Å²) >= 11 is 0. The second-order valence-corrected chi connectivity index (χ2v) is 23.0. The van der Waals surface area contributed by atoms with E-state index in [9.17, 15) is 0 Å². The number of rotatable bonds is 12. The highest BCUT2D eigenvalue weighted by Gasteiger charge is 2.33. The minimum Gasteiger partial charge on any atom is -0.0654 e. The topological polar surface area (TPSA) is 0 Å². The Kier molecular flexibility index (Phi) is 21.2. The summed E-state index contributed by atoms with van der Waals surface area (Å²) in [6.07, 6.45) is 45.9. The molecule has 6 saturated carbocycles. The van der Waals surface area contributed by atoms with E-state index in [-0.39, 0.29) is 8.56 Å². The summed E-state index contributed by atoms with van der Waals surface area (Å²) in [4.78, 5) is 0. The van der Waals surface area contributed by atoms with Crippen LogP contribution in [0.1, 0.15) is 270 Å². The van der Waals surface area contributed by atoms with Gasteiger partial charge in [-0.2, -0.15) is 0 Å². The monoisotopic (exact) mass is 845 g/mol. The molecule has 0 nitrogen and oxygen atoms in total. The van der Waals surface area contributed by atoms with E-state index >= 15 is 0 Å². The van der Waals surface area contributed by atoms with Crippen molar-refractivity contribution in [2.75, 3.05) is 0 Å². The van der Waals surface area contributed by atoms with Crippen LogP contribution >= 0.6 is 0 Å². The summed E-state index contributed by atoms with van der Waals surface area (Å²) in [5.74, 6) is 12.3. The lowest BCUT2D eigenvalue weighted by Crippen LogP contribution is -2.25. The molecule has 0 unspecified atom stereocenters. The molecule has 6 aliphatic rings. The van der Waals surface area contributed by atoms with E-state index < -0.39 is 0 Å². The van der Waals surface area contributed by atoms with E-state index in [0.717, 1.165) is 71.0 Å². The molecule has 0 amide bonds. The molecule has 0 spiro atoms. The molecule has 0 heteroatoms. The van der Waals surface area contributed by atoms with Crippen LogP contribution in [0.5, 0.6) is 0 Å². The first-order valence-electron chi connectivity index (χ1n) is 28.0. The van der Waals surface area contributed by atoms with Gasteiger partial charge in [-0.05, 0) is 204 Å². The van der Waals surface area contributed by atoms with E-state index in [1.807, 2.05) is 0 Å². The molecule has 0 aromatic heterocycles. The van der Waals surface area contributed by atoms with Crippen molar-refractivity contribution in [3.8, 4) is 0 Å². The van der Waals surface area contributed by atoms with Gasteiger partial charge in [-0.3, -0.25) is 0 Å². The van der Waals surface area contributed by atoms with Gasteiger partial charge in [-0.15, -0.1) is 0 Å². The van der Waals surface area contributed by atoms with Crippen LogP contribution in [0.3, 0.4) is 0 Å². The van der Waals surface area contributed by atoms with Gasteiger partial charge in [0.05, 0.1) is 0 Å². The number of aryl methyl sites for hydroxylation is 2. The predicted molar refractivity (Wildman–Crippen MR) is 281 cm³/mol. The molecule has 6 aliphatic carbocycles. The first-order chi connectivity index (χ1) is 29.8. The molecular formula is C61H112. The molecule has 0 aliphatic heterocycles. The van der Waals surface area contributed by atoms with Crippen molar-refractivity contribution < 1.29 is 8.56 Å². The van der Waals surface area contributed by atoms with Gasteiger partial charge < -0.3 is 0 Å². The summed E-state index contributed by atoms with van der Waals surface area (Å²) in [6.45, 7) is 14.0. The van der Waals surface area contributed by atoms with E-state index in [1.54, 1.807) is 36.8 Å². The standard InChI is InChI=1S/C24H38.C22H34.C15H28.6H2/c1-3-5-19-7-11-21(12-8-19)23-15-17-24(18-16-23)22-13-9-20(6-4-2)10-14-22;1-3-4-18-7-11-20(12-8-18)22-15-13-21(14-16-22)19-9-5-17(2)6-10-19;1-3-13-6-10-15(11-7-13)14-8-4-12(2)5-9-14;;;;;;/h7-8,11-12,20,22-24H,3-6,9-10,13-18H2,1-2H3;5-6,9-10,18,20-22H,3-4,7-8,11-16H2,1-2H3;12-15H,3-11H2,1-2H3;6*1H. The molecule has 0 bridgehead atoms. The molecule has 61 heavy (non-hydrogen) atoms. The highest BCUT2D eigenvalue weighted by atomic mass is 14.4. The van der Waals surface area contributed by atoms with Crippen LogP contribution < -0.4 is 0 Å². The third-order valence-corrected chi connectivity index (χ3v) is 18.8. The predicted octanol–water partition coefficient (Wildman–Crippen LogP) is 20.9. The van der Waals surface area contributed by atoms with Crippen LogP contribution in [0.15, 0.2) is 48.5 Å². The largest absolute Gasteiger partial charge is 0.0654 e. The van der Waals surface area contributed by atoms with Crippen LogP contribution in [0.4, 0.5) is 0 Å². The second kappa shape index (κ2) is 26.4. The highest BCUT2D eigenvalue weighted by Crippen LogP contribution is 2.46. The first kappa shape index (κ1) is 48.9. The van der Waals surface area contributed by atoms with E-state index in [2.05, 4.69) is 90.1 Å². The zero-order chi connectivity index (χ0) is 42.8. The third kappa shape index (κ3) is 15.5. The molecule has 0 saturated heterocycles. The maximum atomic E-state index is 2.43. The first-order valence-corrected chi connectivity index (χ1v) is 28.0. The van der Waals surface area contributed by atoms with Gasteiger partial charge in [-0.25, -0.2) is 0 Å². The molecule has 6 fully saturated rings. The van der Waals surface area contributed by atoms with Gasteiger partial charge in [-0.1, -0.05) is 179 Å². The van der Waals surface area contributed by atoms with Gasteiger partial charge in [0, 0.05) is 8.56 Å². The Morgan fingerprint density at radius 3 is 1.05 bits per heavy atom. The summed E-state index contributed by atoms with van der Waals surface area (Å²) in [7, 11) is 0. The van der Waals surface area contributed by atoms with Crippen molar-refractivity contribution in [1.29, 1.82) is 0 Å². The van der Waals surface area contributed by atoms with Crippen molar-refractivity contribution >= 4 is 0 Å². The Labute approximate surface area is 389 Å². The Bertz CT molecular complexity index is 1410. The summed E-state index contributed by atoms with van der Waals surface area (Å²) in [5.41, 5.74) is 6.11. The molecule has 0 atom stereocenters. The van der Waals surface area contributed by atoms with Gasteiger partial charge in [0.15, 0.2) is 0 Å². The Morgan fingerprint density at radius 1 is 0.377 bits per heavy atom. The van der Waals surface area contributed by atoms with Crippen molar-refractivity contribution in [2.45, 2.75) is 252 Å². The van der Waals surface area contributed by atoms with E-state index in [0.29, 0.717) is 0 Å². The molecule has 8 rings (SSSR count). The average molecular weight is 846 g/mol. The number of hydrogen-bond donors (Lipinski definition) is 0. The van der Waals surface area contributed by atoms with Crippen molar-refractivity contribution in [3.63, 3.8) is 0 Å². The average Bonchev–Trinajstić information content (AvgIpc) is 3.31. The lowest BCUT2D eigenvalue weighted by Gasteiger charge is -2.38. The fourth-order valence-electron chi connectivity index (χ4n) is 14.5. The zero-order valence-electron chi connectivity index (χ0n) is 41.5. The Hall–Kier alpha value is -1.56. The quantitative estimate of drug-likeness (QED) is 0.200. The van der Waals surface area contributed by atoms with Crippen molar-refractivity contribution in [2.24, 2.45) is 59.2 Å². The van der Waals surface area contributed by atoms with Crippen LogP contribution in [-0.4, -0.2) is 0 Å². The lowest BCUT2D eigenvalue weighted by molar-refractivity contribution is 0.149. The van der Waals surface area contributed by atoms with E-state index in [1.165, 1.54) is 184 Å². The fraction of sp³-hybridized carbons (Fsp3) is 0.803. The summed E-state index contributed by atoms with van der Waals surface area (Å²) in [5, 5.41) is 0. The Morgan fingerprint density at radius 2 is 0.705 bits per heavy atom. The highest BCUT2D eigenvalue weighted by molar-refractivity contribution is 5.26. The molecule has 356 valence electrons. The van der Waals surface area contributed by atoms with E-state index in [4.69, 9.17) is 0 Å². The lowest BCUT2D eigenvalue weighted by atomic mass is 9.68. The molecule has 0 heterocycles. The van der Waals surface area contributed by atoms with Crippen LogP contribution in [0.2, 0.25) is 0 Å². The number of benzene rings is 2. The molecule has 2 aromatic carbocycles. The van der Waals surface area contributed by atoms with Gasteiger partial charge in [0.25, 0.3) is 0 Å². The van der Waals surface area contributed by atoms with Crippen LogP contribution in [0.25, 0.3) is 0 Å². The van der Waals surface area contributed by atoms with Gasteiger partial charge in [0.1, 0.15) is 0 Å².